The van der Waals surface area contributed by atoms with Gasteiger partial charge in [-0.05, 0) is 12.8 Å². The van der Waals surface area contributed by atoms with Crippen LogP contribution in [0.15, 0.2) is 12.2 Å². The maximum absolute atomic E-state index is 12.2. The Morgan fingerprint density at radius 1 is 0.967 bits per heavy atom. The zero-order valence-corrected chi connectivity index (χ0v) is 19.8. The number of hydrogen-bond acceptors (Lipinski definition) is 4. The number of rotatable bonds is 17. The Kier molecular flexibility index (Phi) is 16.3. The summed E-state index contributed by atoms with van der Waals surface area (Å²) in [6, 6.07) is -0.724. The number of primary amides is 1. The van der Waals surface area contributed by atoms with Gasteiger partial charge in [-0.15, -0.1) is 0 Å². The smallest absolute Gasteiger partial charge is 0.404 e. The van der Waals surface area contributed by atoms with E-state index >= 15 is 0 Å². The van der Waals surface area contributed by atoms with Crippen molar-refractivity contribution in [2.75, 3.05) is 6.61 Å². The highest BCUT2D eigenvalue weighted by Crippen LogP contribution is 2.14. The molecule has 0 aliphatic carbocycles. The number of nitrogens with one attached hydrogen (secondary N) is 1. The van der Waals surface area contributed by atoms with Crippen LogP contribution in [0.25, 0.3) is 0 Å². The number of carbonyl (C=O) groups excluding carboxylic acids is 2. The molecule has 0 unspecified atom stereocenters. The molecule has 6 heteroatoms. The molecule has 0 saturated heterocycles. The lowest BCUT2D eigenvalue weighted by Crippen LogP contribution is -2.49. The highest BCUT2D eigenvalue weighted by Gasteiger charge is 2.27. The first-order chi connectivity index (χ1) is 14.2. The van der Waals surface area contributed by atoms with Crippen LogP contribution in [0.4, 0.5) is 4.79 Å². The SMILES string of the molecule is CCCCCCCCCCCCC/C=C/[C@@H](O)[C@H](COC(N)=O)NC(=O)C(C)(C)C. The number of aliphatic hydroxyl groups excluding tert-OH is 1. The van der Waals surface area contributed by atoms with E-state index < -0.39 is 23.7 Å². The second kappa shape index (κ2) is 17.2. The molecule has 4 N–H and O–H groups in total. The van der Waals surface area contributed by atoms with Crippen LogP contribution >= 0.6 is 0 Å². The molecule has 0 radical (unpaired) electrons. The summed E-state index contributed by atoms with van der Waals surface area (Å²) in [5.41, 5.74) is 4.40. The van der Waals surface area contributed by atoms with Crippen molar-refractivity contribution in [3.63, 3.8) is 0 Å². The van der Waals surface area contributed by atoms with E-state index in [4.69, 9.17) is 10.5 Å². The lowest BCUT2D eigenvalue weighted by atomic mass is 9.95. The Hall–Kier alpha value is -1.56. The number of amides is 2. The molecule has 2 atom stereocenters. The number of unbranched alkanes of at least 4 members (excludes halogenated alkanes) is 11. The number of aliphatic hydroxyl groups is 1. The zero-order valence-electron chi connectivity index (χ0n) is 19.8. The first-order valence-electron chi connectivity index (χ1n) is 11.8. The molecule has 0 saturated carbocycles. The molecule has 0 bridgehead atoms. The van der Waals surface area contributed by atoms with E-state index in [1.807, 2.05) is 6.08 Å². The number of hydrogen-bond donors (Lipinski definition) is 3. The van der Waals surface area contributed by atoms with Crippen molar-refractivity contribution in [3.05, 3.63) is 12.2 Å². The van der Waals surface area contributed by atoms with E-state index in [0.717, 1.165) is 12.8 Å². The van der Waals surface area contributed by atoms with Gasteiger partial charge in [0.1, 0.15) is 6.61 Å². The summed E-state index contributed by atoms with van der Waals surface area (Å²) in [5, 5.41) is 13.1. The van der Waals surface area contributed by atoms with Crippen molar-refractivity contribution in [1.82, 2.24) is 5.32 Å². The second-order valence-electron chi connectivity index (χ2n) is 9.20. The number of ether oxygens (including phenoxy) is 1. The van der Waals surface area contributed by atoms with Crippen molar-refractivity contribution in [1.29, 1.82) is 0 Å². The lowest BCUT2D eigenvalue weighted by molar-refractivity contribution is -0.130. The Labute approximate surface area is 184 Å². The normalized spacial score (nSPS) is 13.9. The van der Waals surface area contributed by atoms with Gasteiger partial charge in [-0.2, -0.15) is 0 Å². The molecule has 30 heavy (non-hydrogen) atoms. The largest absolute Gasteiger partial charge is 0.447 e. The Balaban J connectivity index is 4.05. The van der Waals surface area contributed by atoms with Gasteiger partial charge in [0.2, 0.25) is 5.91 Å². The summed E-state index contributed by atoms with van der Waals surface area (Å²) < 4.78 is 4.79. The van der Waals surface area contributed by atoms with Gasteiger partial charge in [0.05, 0.1) is 12.1 Å². The zero-order chi connectivity index (χ0) is 22.8. The maximum atomic E-state index is 12.2. The van der Waals surface area contributed by atoms with Gasteiger partial charge >= 0.3 is 6.09 Å². The minimum absolute atomic E-state index is 0.166. The van der Waals surface area contributed by atoms with Gasteiger partial charge in [-0.3, -0.25) is 4.79 Å². The van der Waals surface area contributed by atoms with Crippen LogP contribution in [0.2, 0.25) is 0 Å². The second-order valence-corrected chi connectivity index (χ2v) is 9.20. The van der Waals surface area contributed by atoms with E-state index in [0.29, 0.717) is 0 Å². The molecule has 0 aromatic rings. The third kappa shape index (κ3) is 16.3. The fourth-order valence-electron chi connectivity index (χ4n) is 3.08. The van der Waals surface area contributed by atoms with E-state index in [1.165, 1.54) is 64.2 Å². The van der Waals surface area contributed by atoms with Crippen LogP contribution in [-0.2, 0) is 9.53 Å². The van der Waals surface area contributed by atoms with E-state index in [2.05, 4.69) is 12.2 Å². The molecule has 2 amide bonds. The molecule has 0 fully saturated rings. The molecule has 0 rings (SSSR count). The summed E-state index contributed by atoms with van der Waals surface area (Å²) in [5.74, 6) is -0.224. The van der Waals surface area contributed by atoms with Crippen molar-refractivity contribution in [2.24, 2.45) is 11.1 Å². The molecule has 176 valence electrons. The minimum Gasteiger partial charge on any atom is -0.447 e. The maximum Gasteiger partial charge on any atom is 0.404 e. The molecule has 0 spiro atoms. The monoisotopic (exact) mass is 426 g/mol. The predicted octanol–water partition coefficient (Wildman–Crippen LogP) is 5.23. The van der Waals surface area contributed by atoms with Gasteiger partial charge in [0.25, 0.3) is 0 Å². The topological polar surface area (TPSA) is 102 Å². The van der Waals surface area contributed by atoms with Crippen LogP contribution in [0.3, 0.4) is 0 Å². The fourth-order valence-corrected chi connectivity index (χ4v) is 3.08. The third-order valence-corrected chi connectivity index (χ3v) is 5.12. The molecule has 0 aromatic carbocycles. The summed E-state index contributed by atoms with van der Waals surface area (Å²) in [6.07, 6.45) is 16.9. The van der Waals surface area contributed by atoms with Crippen LogP contribution in [-0.4, -0.2) is 35.9 Å². The van der Waals surface area contributed by atoms with Crippen LogP contribution in [0.1, 0.15) is 105 Å². The van der Waals surface area contributed by atoms with Crippen LogP contribution < -0.4 is 11.1 Å². The highest BCUT2D eigenvalue weighted by molar-refractivity contribution is 5.81. The van der Waals surface area contributed by atoms with Gasteiger partial charge in [0, 0.05) is 5.41 Å². The quantitative estimate of drug-likeness (QED) is 0.219. The van der Waals surface area contributed by atoms with Crippen LogP contribution in [0, 0.1) is 5.41 Å². The molecule has 0 aliphatic rings. The average Bonchev–Trinajstić information content (AvgIpc) is 2.67. The number of allylic oxidation sites excluding steroid dienone is 1. The first-order valence-corrected chi connectivity index (χ1v) is 11.8. The van der Waals surface area contributed by atoms with Crippen LogP contribution in [0.5, 0.6) is 0 Å². The van der Waals surface area contributed by atoms with Crippen molar-refractivity contribution in [2.45, 2.75) is 117 Å². The molecule has 0 aromatic heterocycles. The summed E-state index contributed by atoms with van der Waals surface area (Å²) in [6.45, 7) is 7.42. The van der Waals surface area contributed by atoms with Crippen molar-refractivity contribution in [3.8, 4) is 0 Å². The van der Waals surface area contributed by atoms with E-state index in [9.17, 15) is 14.7 Å². The number of carbonyl (C=O) groups is 2. The van der Waals surface area contributed by atoms with E-state index in [1.54, 1.807) is 26.8 Å². The Bertz CT molecular complexity index is 486. The molecule has 6 nitrogen and oxygen atoms in total. The average molecular weight is 427 g/mol. The Morgan fingerprint density at radius 3 is 1.93 bits per heavy atom. The standard InChI is InChI=1S/C24H46N2O4/c1-5-6-7-8-9-10-11-12-13-14-15-16-17-18-21(27)20(19-30-23(25)29)26-22(28)24(2,3)4/h17-18,20-21,27H,5-16,19H2,1-4H3,(H2,25,29)(H,26,28)/b18-17+/t20-,21+/m0/s1. The predicted molar refractivity (Wildman–Crippen MR) is 123 cm³/mol. The van der Waals surface area contributed by atoms with Gasteiger partial charge < -0.3 is 20.9 Å². The number of nitrogens with two attached hydrogens (primary N) is 1. The van der Waals surface area contributed by atoms with Crippen molar-refractivity contribution >= 4 is 12.0 Å². The molecular formula is C24H46N2O4. The summed E-state index contributed by atoms with van der Waals surface area (Å²) >= 11 is 0. The Morgan fingerprint density at radius 2 is 1.47 bits per heavy atom. The van der Waals surface area contributed by atoms with Crippen molar-refractivity contribution < 1.29 is 19.4 Å². The van der Waals surface area contributed by atoms with Gasteiger partial charge in [-0.25, -0.2) is 4.79 Å². The summed E-state index contributed by atoms with van der Waals surface area (Å²) in [4.78, 5) is 23.1. The molecular weight excluding hydrogens is 380 g/mol. The third-order valence-electron chi connectivity index (χ3n) is 5.12. The minimum atomic E-state index is -0.941. The molecule has 0 heterocycles. The lowest BCUT2D eigenvalue weighted by Gasteiger charge is -2.26. The van der Waals surface area contributed by atoms with Gasteiger partial charge in [-0.1, -0.05) is 104 Å². The molecule has 0 aliphatic heterocycles. The fraction of sp³-hybridized carbons (Fsp3) is 0.833. The first kappa shape index (κ1) is 28.4. The van der Waals surface area contributed by atoms with E-state index in [-0.39, 0.29) is 12.5 Å². The summed E-state index contributed by atoms with van der Waals surface area (Å²) in [7, 11) is 0. The van der Waals surface area contributed by atoms with Gasteiger partial charge in [0.15, 0.2) is 0 Å². The highest BCUT2D eigenvalue weighted by atomic mass is 16.5.